The normalized spacial score (nSPS) is 16.7. The van der Waals surface area contributed by atoms with Crippen molar-refractivity contribution in [3.63, 3.8) is 0 Å². The van der Waals surface area contributed by atoms with Crippen LogP contribution in [0, 0.1) is 0 Å². The maximum atomic E-state index is 12.8. The number of methoxy groups -OCH3 is 1. The number of pyridine rings is 2. The minimum Gasteiger partial charge on any atom is -0.481 e. The summed E-state index contributed by atoms with van der Waals surface area (Å²) in [6.45, 7) is 1.33. The van der Waals surface area contributed by atoms with E-state index in [4.69, 9.17) is 4.74 Å². The van der Waals surface area contributed by atoms with Gasteiger partial charge in [-0.15, -0.1) is 0 Å². The van der Waals surface area contributed by atoms with E-state index in [-0.39, 0.29) is 17.7 Å². The van der Waals surface area contributed by atoms with E-state index >= 15 is 0 Å². The molecule has 0 spiro atoms. The summed E-state index contributed by atoms with van der Waals surface area (Å²) in [6.07, 6.45) is 5.05. The van der Waals surface area contributed by atoms with Gasteiger partial charge >= 0.3 is 0 Å². The van der Waals surface area contributed by atoms with Crippen LogP contribution in [0.5, 0.6) is 5.88 Å². The molecule has 2 amide bonds. The largest absolute Gasteiger partial charge is 0.481 e. The number of ether oxygens (including phenoxy) is 1. The van der Waals surface area contributed by atoms with Crippen molar-refractivity contribution >= 4 is 11.8 Å². The molecule has 1 aliphatic rings. The van der Waals surface area contributed by atoms with E-state index in [9.17, 15) is 9.59 Å². The van der Waals surface area contributed by atoms with Crippen LogP contribution in [-0.4, -0.2) is 65.9 Å². The second-order valence-corrected chi connectivity index (χ2v) is 6.85. The molecule has 0 bridgehead atoms. The third-order valence-corrected chi connectivity index (χ3v) is 4.76. The summed E-state index contributed by atoms with van der Waals surface area (Å²) in [4.78, 5) is 36.7. The van der Waals surface area contributed by atoms with Crippen LogP contribution in [0.2, 0.25) is 0 Å². The predicted octanol–water partition coefficient (Wildman–Crippen LogP) is 2.21. The fourth-order valence-corrected chi connectivity index (χ4v) is 3.24. The van der Waals surface area contributed by atoms with Gasteiger partial charge in [-0.3, -0.25) is 14.6 Å². The van der Waals surface area contributed by atoms with Crippen LogP contribution in [0.3, 0.4) is 0 Å². The number of piperidine rings is 1. The molecule has 1 atom stereocenters. The zero-order chi connectivity index (χ0) is 19.4. The topological polar surface area (TPSA) is 75.6 Å². The van der Waals surface area contributed by atoms with Gasteiger partial charge in [0, 0.05) is 57.3 Å². The number of amides is 2. The highest BCUT2D eigenvalue weighted by Crippen LogP contribution is 2.26. The van der Waals surface area contributed by atoms with Crippen molar-refractivity contribution in [3.05, 3.63) is 53.5 Å². The van der Waals surface area contributed by atoms with E-state index in [1.165, 1.54) is 4.90 Å². The van der Waals surface area contributed by atoms with Crippen molar-refractivity contribution < 1.29 is 14.3 Å². The van der Waals surface area contributed by atoms with Crippen molar-refractivity contribution in [2.24, 2.45) is 0 Å². The van der Waals surface area contributed by atoms with Crippen LogP contribution < -0.4 is 4.74 Å². The number of carbonyl (C=O) groups is 2. The molecule has 0 aliphatic carbocycles. The first-order valence-corrected chi connectivity index (χ1v) is 8.96. The summed E-state index contributed by atoms with van der Waals surface area (Å²) in [5, 5.41) is 0. The fourth-order valence-electron chi connectivity index (χ4n) is 3.24. The van der Waals surface area contributed by atoms with Gasteiger partial charge < -0.3 is 14.5 Å². The summed E-state index contributed by atoms with van der Waals surface area (Å²) in [5.74, 6) is 0.549. The first kappa shape index (κ1) is 18.8. The zero-order valence-electron chi connectivity index (χ0n) is 15.9. The number of aromatic nitrogens is 2. The number of likely N-dealkylation sites (tertiary alicyclic amines) is 1. The van der Waals surface area contributed by atoms with Crippen LogP contribution in [-0.2, 0) is 0 Å². The van der Waals surface area contributed by atoms with Gasteiger partial charge in [0.05, 0.1) is 18.2 Å². The van der Waals surface area contributed by atoms with E-state index in [1.807, 2.05) is 11.0 Å². The molecule has 27 heavy (non-hydrogen) atoms. The second kappa shape index (κ2) is 8.16. The number of hydrogen-bond acceptors (Lipinski definition) is 5. The molecular weight excluding hydrogens is 344 g/mol. The Morgan fingerprint density at radius 1 is 1.11 bits per heavy atom. The summed E-state index contributed by atoms with van der Waals surface area (Å²) < 4.78 is 5.04. The molecule has 1 saturated heterocycles. The molecule has 0 saturated carbocycles. The Hall–Kier alpha value is -2.96. The smallest absolute Gasteiger partial charge is 0.255 e. The average molecular weight is 368 g/mol. The van der Waals surface area contributed by atoms with Gasteiger partial charge in [-0.05, 0) is 31.0 Å². The molecule has 1 fully saturated rings. The molecule has 7 heteroatoms. The van der Waals surface area contributed by atoms with Gasteiger partial charge in [0.1, 0.15) is 0 Å². The fraction of sp³-hybridized carbons (Fsp3) is 0.400. The van der Waals surface area contributed by atoms with Crippen LogP contribution in [0.1, 0.15) is 45.2 Å². The highest BCUT2D eigenvalue weighted by molar-refractivity contribution is 5.94. The Labute approximate surface area is 159 Å². The lowest BCUT2D eigenvalue weighted by atomic mass is 9.93. The van der Waals surface area contributed by atoms with Crippen molar-refractivity contribution in [1.29, 1.82) is 0 Å². The Balaban J connectivity index is 1.70. The molecule has 1 unspecified atom stereocenters. The van der Waals surface area contributed by atoms with Gasteiger partial charge in [0.25, 0.3) is 11.8 Å². The minimum absolute atomic E-state index is 0.0331. The van der Waals surface area contributed by atoms with Gasteiger partial charge in [-0.2, -0.15) is 0 Å². The molecule has 3 heterocycles. The van der Waals surface area contributed by atoms with Crippen molar-refractivity contribution in [1.82, 2.24) is 19.8 Å². The predicted molar refractivity (Wildman–Crippen MR) is 101 cm³/mol. The summed E-state index contributed by atoms with van der Waals surface area (Å²) in [7, 11) is 4.98. The minimum atomic E-state index is -0.0681. The zero-order valence-corrected chi connectivity index (χ0v) is 15.9. The van der Waals surface area contributed by atoms with Crippen molar-refractivity contribution in [2.75, 3.05) is 34.3 Å². The van der Waals surface area contributed by atoms with Gasteiger partial charge in [0.2, 0.25) is 5.88 Å². The SMILES string of the molecule is COc1ccc(C(=O)N2CCCC(c3ccc(C(=O)N(C)C)cn3)C2)cn1. The maximum Gasteiger partial charge on any atom is 0.255 e. The van der Waals surface area contributed by atoms with Crippen LogP contribution in [0.4, 0.5) is 0 Å². The van der Waals surface area contributed by atoms with Crippen LogP contribution in [0.25, 0.3) is 0 Å². The molecular formula is C20H24N4O3. The molecule has 3 rings (SSSR count). The lowest BCUT2D eigenvalue weighted by Gasteiger charge is -2.32. The van der Waals surface area contributed by atoms with Crippen molar-refractivity contribution in [2.45, 2.75) is 18.8 Å². The number of hydrogen-bond donors (Lipinski definition) is 0. The Bertz CT molecular complexity index is 803. The quantitative estimate of drug-likeness (QED) is 0.827. The highest BCUT2D eigenvalue weighted by Gasteiger charge is 2.26. The van der Waals surface area contributed by atoms with Crippen molar-refractivity contribution in [3.8, 4) is 5.88 Å². The molecule has 142 valence electrons. The van der Waals surface area contributed by atoms with Gasteiger partial charge in [-0.25, -0.2) is 4.98 Å². The van der Waals surface area contributed by atoms with E-state index < -0.39 is 0 Å². The van der Waals surface area contributed by atoms with Gasteiger partial charge in [0.15, 0.2) is 0 Å². The number of nitrogens with zero attached hydrogens (tertiary/aromatic N) is 4. The second-order valence-electron chi connectivity index (χ2n) is 6.85. The summed E-state index contributed by atoms with van der Waals surface area (Å²) in [5.41, 5.74) is 2.03. The third-order valence-electron chi connectivity index (χ3n) is 4.76. The maximum absolute atomic E-state index is 12.8. The number of rotatable bonds is 4. The Morgan fingerprint density at radius 2 is 1.85 bits per heavy atom. The Morgan fingerprint density at radius 3 is 2.44 bits per heavy atom. The molecule has 0 aromatic carbocycles. The molecule has 2 aromatic heterocycles. The van der Waals surface area contributed by atoms with E-state index in [0.29, 0.717) is 23.6 Å². The monoisotopic (exact) mass is 368 g/mol. The van der Waals surface area contributed by atoms with Crippen LogP contribution >= 0.6 is 0 Å². The van der Waals surface area contributed by atoms with Gasteiger partial charge in [-0.1, -0.05) is 0 Å². The first-order chi connectivity index (χ1) is 13.0. The van der Waals surface area contributed by atoms with E-state index in [2.05, 4.69) is 9.97 Å². The molecule has 0 N–H and O–H groups in total. The molecule has 7 nitrogen and oxygen atoms in total. The summed E-state index contributed by atoms with van der Waals surface area (Å²) in [6, 6.07) is 7.12. The Kier molecular flexibility index (Phi) is 5.69. The van der Waals surface area contributed by atoms with E-state index in [1.54, 1.807) is 51.8 Å². The highest BCUT2D eigenvalue weighted by atomic mass is 16.5. The number of carbonyl (C=O) groups excluding carboxylic acids is 2. The lowest BCUT2D eigenvalue weighted by Crippen LogP contribution is -2.39. The summed E-state index contributed by atoms with van der Waals surface area (Å²) >= 11 is 0. The lowest BCUT2D eigenvalue weighted by molar-refractivity contribution is 0.0705. The molecule has 0 radical (unpaired) electrons. The van der Waals surface area contributed by atoms with E-state index in [0.717, 1.165) is 25.1 Å². The standard InChI is InChI=1S/C20H24N4O3/c1-23(2)19(25)14-6-8-17(21-11-14)16-5-4-10-24(13-16)20(26)15-7-9-18(27-3)22-12-15/h6-9,11-12,16H,4-5,10,13H2,1-3H3. The first-order valence-electron chi connectivity index (χ1n) is 8.96. The molecule has 1 aliphatic heterocycles. The van der Waals surface area contributed by atoms with Crippen LogP contribution in [0.15, 0.2) is 36.7 Å². The average Bonchev–Trinajstić information content (AvgIpc) is 2.73. The molecule has 2 aromatic rings. The third kappa shape index (κ3) is 4.24.